The highest BCUT2D eigenvalue weighted by atomic mass is 35.5. The lowest BCUT2D eigenvalue weighted by atomic mass is 10.1. The number of hydrogen-bond donors (Lipinski definition) is 2. The van der Waals surface area contributed by atoms with Gasteiger partial charge in [0.05, 0.1) is 28.7 Å². The van der Waals surface area contributed by atoms with Gasteiger partial charge in [0.25, 0.3) is 0 Å². The van der Waals surface area contributed by atoms with E-state index >= 15 is 0 Å². The fourth-order valence-electron chi connectivity index (χ4n) is 2.24. The van der Waals surface area contributed by atoms with Gasteiger partial charge in [0, 0.05) is 24.4 Å². The number of hydrogen-bond acceptors (Lipinski definition) is 6. The third-order valence-corrected chi connectivity index (χ3v) is 4.68. The minimum Gasteiger partial charge on any atom is -0.505 e. The molecule has 8 heteroatoms. The minimum absolute atomic E-state index is 0. The molecular formula is C16H17ClN4O2S. The molecule has 2 heterocycles. The van der Waals surface area contributed by atoms with Gasteiger partial charge >= 0.3 is 0 Å². The number of aliphatic hydroxyl groups excluding tert-OH is 1. The van der Waals surface area contributed by atoms with E-state index in [1.54, 1.807) is 6.92 Å². The van der Waals surface area contributed by atoms with Crippen molar-refractivity contribution in [2.75, 3.05) is 0 Å². The fraction of sp³-hybridized carbons (Fsp3) is 0.188. The minimum atomic E-state index is -0.223. The van der Waals surface area contributed by atoms with Gasteiger partial charge in [-0.25, -0.2) is 0 Å². The Morgan fingerprint density at radius 2 is 2.08 bits per heavy atom. The van der Waals surface area contributed by atoms with Crippen LogP contribution in [-0.4, -0.2) is 26.0 Å². The second-order valence-electron chi connectivity index (χ2n) is 5.05. The molecule has 0 aliphatic rings. The van der Waals surface area contributed by atoms with E-state index in [1.807, 2.05) is 35.9 Å². The van der Waals surface area contributed by atoms with Gasteiger partial charge in [0.15, 0.2) is 0 Å². The van der Waals surface area contributed by atoms with Crippen LogP contribution < -0.4 is 4.80 Å². The van der Waals surface area contributed by atoms with Gasteiger partial charge in [0.2, 0.25) is 4.80 Å². The zero-order valence-electron chi connectivity index (χ0n) is 13.2. The Labute approximate surface area is 148 Å². The zero-order chi connectivity index (χ0) is 16.4. The Morgan fingerprint density at radius 1 is 1.33 bits per heavy atom. The molecule has 6 nitrogen and oxygen atoms in total. The van der Waals surface area contributed by atoms with Crippen molar-refractivity contribution in [3.8, 4) is 5.75 Å². The van der Waals surface area contributed by atoms with Crippen LogP contribution in [0.2, 0.25) is 0 Å². The normalized spacial score (nSPS) is 12.0. The van der Waals surface area contributed by atoms with Crippen molar-refractivity contribution in [3.05, 3.63) is 52.1 Å². The van der Waals surface area contributed by atoms with E-state index in [2.05, 4.69) is 15.2 Å². The van der Waals surface area contributed by atoms with Gasteiger partial charge in [-0.05, 0) is 19.1 Å². The Kier molecular flexibility index (Phi) is 5.71. The molecule has 0 aliphatic carbocycles. The topological polar surface area (TPSA) is 83.0 Å². The largest absolute Gasteiger partial charge is 0.505 e. The number of thiazole rings is 1. The molecular weight excluding hydrogens is 348 g/mol. The van der Waals surface area contributed by atoms with E-state index in [4.69, 9.17) is 0 Å². The van der Waals surface area contributed by atoms with Crippen LogP contribution in [0.1, 0.15) is 16.8 Å². The molecule has 0 radical (unpaired) electrons. The van der Waals surface area contributed by atoms with Crippen LogP contribution in [0.15, 0.2) is 40.7 Å². The first kappa shape index (κ1) is 18.1. The summed E-state index contributed by atoms with van der Waals surface area (Å²) in [5.41, 5.74) is 2.52. The van der Waals surface area contributed by atoms with Gasteiger partial charge in [-0.3, -0.25) is 4.98 Å². The number of fused-ring (bicyclic) bond motifs is 1. The monoisotopic (exact) mass is 364 g/mol. The first-order valence-corrected chi connectivity index (χ1v) is 7.83. The molecule has 0 aliphatic heterocycles. The number of pyridine rings is 1. The average molecular weight is 365 g/mol. The number of benzene rings is 1. The Bertz CT molecular complexity index is 962. The molecule has 0 atom stereocenters. The predicted molar refractivity (Wildman–Crippen MR) is 97.8 cm³/mol. The van der Waals surface area contributed by atoms with Gasteiger partial charge in [-0.2, -0.15) is 5.10 Å². The molecule has 0 unspecified atom stereocenters. The average Bonchev–Trinajstić information content (AvgIpc) is 2.88. The van der Waals surface area contributed by atoms with E-state index in [-0.39, 0.29) is 24.8 Å². The summed E-state index contributed by atoms with van der Waals surface area (Å²) >= 11 is 1.53. The van der Waals surface area contributed by atoms with Crippen molar-refractivity contribution in [2.45, 2.75) is 13.5 Å². The smallest absolute Gasteiger partial charge is 0.211 e. The Morgan fingerprint density at radius 3 is 2.79 bits per heavy atom. The molecule has 2 N–H and O–H groups in total. The first-order chi connectivity index (χ1) is 11.1. The maximum atomic E-state index is 10.1. The predicted octanol–water partition coefficient (Wildman–Crippen LogP) is 2.50. The third kappa shape index (κ3) is 3.33. The number of aromatic nitrogens is 2. The highest BCUT2D eigenvalue weighted by Crippen LogP contribution is 2.22. The standard InChI is InChI=1S/C16H16N4O2S.ClH/c1-10-15(22)12(11(9-21)7-17-10)8-18-19-16-20(2)13-5-3-4-6-14(13)23-16;/h3-8,21-22H,9H2,1-2H3;1H/b18-8+,19-16-;. The van der Waals surface area contributed by atoms with Crippen molar-refractivity contribution >= 4 is 40.2 Å². The number of aliphatic hydroxyl groups is 1. The SMILES string of the molecule is Cc1ncc(CO)c(/C=N/N=c2\sc3ccccc3n2C)c1O.Cl. The lowest BCUT2D eigenvalue weighted by molar-refractivity contribution is 0.280. The van der Waals surface area contributed by atoms with Crippen molar-refractivity contribution in [3.63, 3.8) is 0 Å². The van der Waals surface area contributed by atoms with E-state index in [0.717, 1.165) is 15.0 Å². The molecule has 2 aromatic heterocycles. The van der Waals surface area contributed by atoms with Gasteiger partial charge < -0.3 is 14.8 Å². The summed E-state index contributed by atoms with van der Waals surface area (Å²) in [6.07, 6.45) is 2.97. The summed E-state index contributed by atoms with van der Waals surface area (Å²) in [5.74, 6) is 0.0104. The number of para-hydroxylation sites is 1. The molecule has 3 rings (SSSR count). The van der Waals surface area contributed by atoms with Crippen molar-refractivity contribution in [1.82, 2.24) is 9.55 Å². The van der Waals surface area contributed by atoms with Crippen molar-refractivity contribution in [2.24, 2.45) is 17.3 Å². The quantitative estimate of drug-likeness (QED) is 0.553. The van der Waals surface area contributed by atoms with Crippen LogP contribution in [0.5, 0.6) is 5.75 Å². The molecule has 0 amide bonds. The molecule has 0 bridgehead atoms. The summed E-state index contributed by atoms with van der Waals surface area (Å²) in [6.45, 7) is 1.47. The maximum Gasteiger partial charge on any atom is 0.211 e. The molecule has 126 valence electrons. The number of nitrogens with zero attached hydrogens (tertiary/aromatic N) is 4. The van der Waals surface area contributed by atoms with E-state index in [1.165, 1.54) is 23.7 Å². The third-order valence-electron chi connectivity index (χ3n) is 3.57. The van der Waals surface area contributed by atoms with Crippen LogP contribution in [-0.2, 0) is 13.7 Å². The van der Waals surface area contributed by atoms with E-state index in [0.29, 0.717) is 16.8 Å². The second kappa shape index (κ2) is 7.57. The number of aryl methyl sites for hydroxylation is 2. The van der Waals surface area contributed by atoms with Crippen LogP contribution in [0.3, 0.4) is 0 Å². The van der Waals surface area contributed by atoms with E-state index in [9.17, 15) is 10.2 Å². The summed E-state index contributed by atoms with van der Waals surface area (Å²) in [7, 11) is 1.93. The lowest BCUT2D eigenvalue weighted by Gasteiger charge is -2.06. The fourth-order valence-corrected chi connectivity index (χ4v) is 3.21. The van der Waals surface area contributed by atoms with Crippen molar-refractivity contribution in [1.29, 1.82) is 0 Å². The molecule has 0 saturated carbocycles. The van der Waals surface area contributed by atoms with Crippen LogP contribution in [0.25, 0.3) is 10.2 Å². The van der Waals surface area contributed by atoms with E-state index < -0.39 is 0 Å². The number of halogens is 1. The molecule has 0 fully saturated rings. The second-order valence-corrected chi connectivity index (χ2v) is 6.05. The van der Waals surface area contributed by atoms with Gasteiger partial charge in [0.1, 0.15) is 5.75 Å². The van der Waals surface area contributed by atoms with Crippen LogP contribution in [0.4, 0.5) is 0 Å². The van der Waals surface area contributed by atoms with Crippen LogP contribution >= 0.6 is 23.7 Å². The Balaban J connectivity index is 0.00000208. The van der Waals surface area contributed by atoms with Crippen LogP contribution in [0, 0.1) is 6.92 Å². The number of aromatic hydroxyl groups is 1. The highest BCUT2D eigenvalue weighted by molar-refractivity contribution is 7.16. The highest BCUT2D eigenvalue weighted by Gasteiger charge is 2.09. The summed E-state index contributed by atoms with van der Waals surface area (Å²) in [4.78, 5) is 4.76. The summed E-state index contributed by atoms with van der Waals surface area (Å²) < 4.78 is 3.09. The maximum absolute atomic E-state index is 10.1. The summed E-state index contributed by atoms with van der Waals surface area (Å²) in [6, 6.07) is 8.02. The molecule has 3 aromatic rings. The van der Waals surface area contributed by atoms with Crippen molar-refractivity contribution < 1.29 is 10.2 Å². The Hall–Kier alpha value is -2.22. The lowest BCUT2D eigenvalue weighted by Crippen LogP contribution is -2.09. The molecule has 0 saturated heterocycles. The van der Waals surface area contributed by atoms with Gasteiger partial charge in [-0.15, -0.1) is 17.5 Å². The molecule has 24 heavy (non-hydrogen) atoms. The molecule has 0 spiro atoms. The summed E-state index contributed by atoms with van der Waals surface area (Å²) in [5, 5.41) is 27.7. The zero-order valence-corrected chi connectivity index (χ0v) is 14.8. The number of rotatable bonds is 3. The first-order valence-electron chi connectivity index (χ1n) is 7.01. The van der Waals surface area contributed by atoms with Gasteiger partial charge in [-0.1, -0.05) is 23.5 Å². The molecule has 1 aromatic carbocycles.